The zero-order valence-corrected chi connectivity index (χ0v) is 13.9. The molecule has 1 heterocycles. The maximum absolute atomic E-state index is 6.06. The monoisotopic (exact) mass is 304 g/mol. The second kappa shape index (κ2) is 7.40. The topological polar surface area (TPSA) is 67.8 Å². The van der Waals surface area contributed by atoms with Gasteiger partial charge in [0.15, 0.2) is 0 Å². The van der Waals surface area contributed by atoms with E-state index in [9.17, 15) is 0 Å². The summed E-state index contributed by atoms with van der Waals surface area (Å²) in [5.74, 6) is 0.741. The Kier molecular flexibility index (Phi) is 5.55. The lowest BCUT2D eigenvalue weighted by molar-refractivity contribution is 0.249. The Bertz CT molecular complexity index is 520. The molecule has 1 aromatic rings. The van der Waals surface area contributed by atoms with Gasteiger partial charge in [-0.05, 0) is 51.2 Å². The molecule has 2 rings (SSSR count). The average Bonchev–Trinajstić information content (AvgIpc) is 2.53. The third-order valence-electron chi connectivity index (χ3n) is 4.44. The standard InChI is InChI=1S/C17H28N4O/c1-20(2)14-6-9-21(10-7-14)16-12-17(22-3)15(19)11-13(16)5-4-8-18/h4,8,11-12,14H,5-7,9-10,18-19H2,1-3H3. The first-order valence-corrected chi connectivity index (χ1v) is 7.81. The van der Waals surface area contributed by atoms with Crippen LogP contribution in [0.2, 0.25) is 0 Å². The van der Waals surface area contributed by atoms with Crippen molar-refractivity contribution >= 4 is 11.4 Å². The summed E-state index contributed by atoms with van der Waals surface area (Å²) in [6.07, 6.45) is 6.67. The third kappa shape index (κ3) is 3.65. The van der Waals surface area contributed by atoms with Crippen LogP contribution in [0.25, 0.3) is 0 Å². The van der Waals surface area contributed by atoms with Crippen molar-refractivity contribution in [3.63, 3.8) is 0 Å². The molecule has 1 aromatic carbocycles. The fourth-order valence-electron chi connectivity index (χ4n) is 3.09. The van der Waals surface area contributed by atoms with Crippen LogP contribution in [0, 0.1) is 0 Å². The Morgan fingerprint density at radius 3 is 2.55 bits per heavy atom. The SMILES string of the molecule is COc1cc(N2CCC(N(C)C)CC2)c(CC=CN)cc1N. The molecule has 1 saturated heterocycles. The predicted molar refractivity (Wildman–Crippen MR) is 93.4 cm³/mol. The van der Waals surface area contributed by atoms with E-state index in [4.69, 9.17) is 16.2 Å². The summed E-state index contributed by atoms with van der Waals surface area (Å²) in [5.41, 5.74) is 14.6. The highest BCUT2D eigenvalue weighted by atomic mass is 16.5. The molecule has 0 atom stereocenters. The van der Waals surface area contributed by atoms with Crippen molar-refractivity contribution in [2.75, 3.05) is 44.9 Å². The third-order valence-corrected chi connectivity index (χ3v) is 4.44. The van der Waals surface area contributed by atoms with E-state index in [1.165, 1.54) is 24.1 Å². The minimum atomic E-state index is 0.666. The molecule has 1 fully saturated rings. The van der Waals surface area contributed by atoms with Gasteiger partial charge in [-0.2, -0.15) is 0 Å². The fraction of sp³-hybridized carbons (Fsp3) is 0.529. The second-order valence-corrected chi connectivity index (χ2v) is 6.04. The van der Waals surface area contributed by atoms with Gasteiger partial charge >= 0.3 is 0 Å². The van der Waals surface area contributed by atoms with Crippen molar-refractivity contribution in [2.24, 2.45) is 5.73 Å². The number of methoxy groups -OCH3 is 1. The first-order chi connectivity index (χ1) is 10.6. The molecule has 0 bridgehead atoms. The summed E-state index contributed by atoms with van der Waals surface area (Å²) in [6, 6.07) is 4.73. The predicted octanol–water partition coefficient (Wildman–Crippen LogP) is 1.82. The lowest BCUT2D eigenvalue weighted by atomic mass is 10.0. The number of nitrogen functional groups attached to an aromatic ring is 1. The van der Waals surface area contributed by atoms with E-state index < -0.39 is 0 Å². The highest BCUT2D eigenvalue weighted by Gasteiger charge is 2.23. The highest BCUT2D eigenvalue weighted by molar-refractivity contribution is 5.67. The van der Waals surface area contributed by atoms with Crippen LogP contribution < -0.4 is 21.1 Å². The Morgan fingerprint density at radius 1 is 1.32 bits per heavy atom. The van der Waals surface area contributed by atoms with Gasteiger partial charge in [0.25, 0.3) is 0 Å². The van der Waals surface area contributed by atoms with Crippen molar-refractivity contribution in [3.8, 4) is 5.75 Å². The molecule has 0 aromatic heterocycles. The quantitative estimate of drug-likeness (QED) is 0.812. The number of nitrogens with two attached hydrogens (primary N) is 2. The summed E-state index contributed by atoms with van der Waals surface area (Å²) in [5, 5.41) is 0. The molecule has 5 nitrogen and oxygen atoms in total. The Hall–Kier alpha value is -1.88. The van der Waals surface area contributed by atoms with Crippen LogP contribution in [-0.4, -0.2) is 45.2 Å². The maximum atomic E-state index is 6.06. The van der Waals surface area contributed by atoms with Crippen LogP contribution in [0.4, 0.5) is 11.4 Å². The van der Waals surface area contributed by atoms with Crippen molar-refractivity contribution < 1.29 is 4.74 Å². The largest absolute Gasteiger partial charge is 0.495 e. The van der Waals surface area contributed by atoms with Gasteiger partial charge in [0, 0.05) is 30.9 Å². The van der Waals surface area contributed by atoms with Gasteiger partial charge in [0.1, 0.15) is 5.75 Å². The average molecular weight is 304 g/mol. The van der Waals surface area contributed by atoms with Crippen molar-refractivity contribution in [1.82, 2.24) is 4.90 Å². The van der Waals surface area contributed by atoms with Crippen molar-refractivity contribution in [1.29, 1.82) is 0 Å². The lowest BCUT2D eigenvalue weighted by Gasteiger charge is -2.37. The van der Waals surface area contributed by atoms with Crippen LogP contribution in [0.3, 0.4) is 0 Å². The molecule has 0 saturated carbocycles. The molecule has 5 heteroatoms. The summed E-state index contributed by atoms with van der Waals surface area (Å²) in [6.45, 7) is 2.10. The number of rotatable bonds is 5. The number of nitrogens with zero attached hydrogens (tertiary/aromatic N) is 2. The number of allylic oxidation sites excluding steroid dienone is 1. The van der Waals surface area contributed by atoms with Gasteiger partial charge in [0.2, 0.25) is 0 Å². The van der Waals surface area contributed by atoms with E-state index in [1.807, 2.05) is 12.1 Å². The summed E-state index contributed by atoms with van der Waals surface area (Å²) in [7, 11) is 5.97. The molecule has 0 aliphatic carbocycles. The van der Waals surface area contributed by atoms with E-state index in [-0.39, 0.29) is 0 Å². The number of ether oxygens (including phenoxy) is 1. The summed E-state index contributed by atoms with van der Waals surface area (Å²) < 4.78 is 5.39. The van der Waals surface area contributed by atoms with E-state index in [2.05, 4.69) is 30.0 Å². The first-order valence-electron chi connectivity index (χ1n) is 7.81. The highest BCUT2D eigenvalue weighted by Crippen LogP contribution is 2.34. The van der Waals surface area contributed by atoms with Gasteiger partial charge in [0.05, 0.1) is 12.8 Å². The van der Waals surface area contributed by atoms with Crippen LogP contribution in [0.5, 0.6) is 5.75 Å². The molecule has 122 valence electrons. The van der Waals surface area contributed by atoms with Gasteiger partial charge in [-0.1, -0.05) is 6.08 Å². The molecular formula is C17H28N4O. The second-order valence-electron chi connectivity index (χ2n) is 6.04. The van der Waals surface area contributed by atoms with Gasteiger partial charge in [-0.15, -0.1) is 0 Å². The van der Waals surface area contributed by atoms with E-state index in [0.717, 1.165) is 25.3 Å². The minimum Gasteiger partial charge on any atom is -0.495 e. The molecule has 0 spiro atoms. The number of piperidine rings is 1. The Morgan fingerprint density at radius 2 is 2.00 bits per heavy atom. The van der Waals surface area contributed by atoms with Crippen LogP contribution in [0.1, 0.15) is 18.4 Å². The number of hydrogen-bond donors (Lipinski definition) is 2. The van der Waals surface area contributed by atoms with Gasteiger partial charge < -0.3 is 26.0 Å². The van der Waals surface area contributed by atoms with Crippen LogP contribution in [0.15, 0.2) is 24.4 Å². The Balaban J connectivity index is 2.24. The molecule has 1 aliphatic rings. The molecule has 22 heavy (non-hydrogen) atoms. The molecule has 4 N–H and O–H groups in total. The molecule has 0 unspecified atom stereocenters. The smallest absolute Gasteiger partial charge is 0.143 e. The van der Waals surface area contributed by atoms with Gasteiger partial charge in [-0.3, -0.25) is 0 Å². The Labute approximate surface area is 133 Å². The van der Waals surface area contributed by atoms with E-state index in [1.54, 1.807) is 13.3 Å². The molecule has 0 radical (unpaired) electrons. The molecular weight excluding hydrogens is 276 g/mol. The van der Waals surface area contributed by atoms with Crippen LogP contribution >= 0.6 is 0 Å². The van der Waals surface area contributed by atoms with Crippen LogP contribution in [-0.2, 0) is 6.42 Å². The first kappa shape index (κ1) is 16.5. The zero-order chi connectivity index (χ0) is 16.1. The maximum Gasteiger partial charge on any atom is 0.143 e. The zero-order valence-electron chi connectivity index (χ0n) is 13.9. The van der Waals surface area contributed by atoms with E-state index in [0.29, 0.717) is 11.7 Å². The molecule has 0 amide bonds. The lowest BCUT2D eigenvalue weighted by Crippen LogP contribution is -2.42. The molecule has 1 aliphatic heterocycles. The summed E-state index contributed by atoms with van der Waals surface area (Å²) in [4.78, 5) is 4.75. The van der Waals surface area contributed by atoms with Crippen molar-refractivity contribution in [3.05, 3.63) is 30.0 Å². The van der Waals surface area contributed by atoms with E-state index >= 15 is 0 Å². The number of anilines is 2. The summed E-state index contributed by atoms with van der Waals surface area (Å²) >= 11 is 0. The fourth-order valence-corrected chi connectivity index (χ4v) is 3.09. The number of hydrogen-bond acceptors (Lipinski definition) is 5. The minimum absolute atomic E-state index is 0.666. The van der Waals surface area contributed by atoms with Crippen molar-refractivity contribution in [2.45, 2.75) is 25.3 Å². The van der Waals surface area contributed by atoms with Gasteiger partial charge in [-0.25, -0.2) is 0 Å². The normalized spacial score (nSPS) is 16.6. The number of benzene rings is 1.